The fourth-order valence-corrected chi connectivity index (χ4v) is 4.90. The van der Waals surface area contributed by atoms with Crippen molar-refractivity contribution in [2.75, 3.05) is 18.8 Å². The first kappa shape index (κ1) is 13.8. The van der Waals surface area contributed by atoms with Gasteiger partial charge in [-0.1, -0.05) is 6.42 Å². The van der Waals surface area contributed by atoms with Gasteiger partial charge in [0.1, 0.15) is 16.5 Å². The van der Waals surface area contributed by atoms with Crippen LogP contribution in [-0.4, -0.2) is 25.8 Å². The molecule has 0 amide bonds. The second kappa shape index (κ2) is 4.66. The third-order valence-corrected chi connectivity index (χ3v) is 6.21. The van der Waals surface area contributed by atoms with Gasteiger partial charge in [-0.25, -0.2) is 17.2 Å². The number of hydrogen-bond acceptors (Lipinski definition) is 3. The number of fused-ring (bicyclic) bond motifs is 1. The quantitative estimate of drug-likeness (QED) is 0.850. The van der Waals surface area contributed by atoms with Crippen molar-refractivity contribution >= 4 is 15.7 Å². The van der Waals surface area contributed by atoms with E-state index in [0.717, 1.165) is 25.3 Å². The van der Waals surface area contributed by atoms with Crippen molar-refractivity contribution in [1.82, 2.24) is 4.31 Å². The molecule has 20 heavy (non-hydrogen) atoms. The largest absolute Gasteiger partial charge is 0.396 e. The predicted octanol–water partition coefficient (Wildman–Crippen LogP) is 1.97. The van der Waals surface area contributed by atoms with Gasteiger partial charge in [-0.15, -0.1) is 0 Å². The summed E-state index contributed by atoms with van der Waals surface area (Å²) in [6.07, 6.45) is 3.16. The minimum absolute atomic E-state index is 0.357. The minimum Gasteiger partial charge on any atom is -0.396 e. The molecule has 2 fully saturated rings. The Morgan fingerprint density at radius 3 is 2.30 bits per heavy atom. The lowest BCUT2D eigenvalue weighted by molar-refractivity contribution is 0.440. The van der Waals surface area contributed by atoms with E-state index in [1.54, 1.807) is 0 Å². The van der Waals surface area contributed by atoms with E-state index in [1.807, 2.05) is 0 Å². The standard InChI is InChI=1S/C13H16F2N2O2S/c14-10-4-11(15)13(5-12(10)16)20(18,19)17-6-8-2-1-3-9(8)7-17/h4-5,8-9H,1-3,6-7,16H2. The van der Waals surface area contributed by atoms with E-state index in [9.17, 15) is 17.2 Å². The van der Waals surface area contributed by atoms with Crippen molar-refractivity contribution in [3.8, 4) is 0 Å². The molecule has 2 atom stereocenters. The Labute approximate surface area is 116 Å². The molecule has 110 valence electrons. The molecule has 1 aromatic carbocycles. The van der Waals surface area contributed by atoms with Crippen LogP contribution in [0.15, 0.2) is 17.0 Å². The maximum atomic E-state index is 13.8. The number of nitrogens with zero attached hydrogens (tertiary/aromatic N) is 1. The van der Waals surface area contributed by atoms with Crippen LogP contribution in [0.3, 0.4) is 0 Å². The van der Waals surface area contributed by atoms with E-state index in [0.29, 0.717) is 31.0 Å². The van der Waals surface area contributed by atoms with Gasteiger partial charge in [-0.2, -0.15) is 4.31 Å². The summed E-state index contributed by atoms with van der Waals surface area (Å²) in [4.78, 5) is -0.531. The summed E-state index contributed by atoms with van der Waals surface area (Å²) >= 11 is 0. The van der Waals surface area contributed by atoms with Gasteiger partial charge in [0.2, 0.25) is 10.0 Å². The molecular weight excluding hydrogens is 286 g/mol. The highest BCUT2D eigenvalue weighted by molar-refractivity contribution is 7.89. The van der Waals surface area contributed by atoms with Gasteiger partial charge in [0.05, 0.1) is 5.69 Å². The molecule has 2 N–H and O–H groups in total. The number of sulfonamides is 1. The molecule has 1 aromatic rings. The molecule has 1 heterocycles. The number of anilines is 1. The first-order chi connectivity index (χ1) is 9.39. The molecule has 4 nitrogen and oxygen atoms in total. The highest BCUT2D eigenvalue weighted by Crippen LogP contribution is 2.40. The Morgan fingerprint density at radius 1 is 1.10 bits per heavy atom. The molecule has 1 saturated carbocycles. The average molecular weight is 302 g/mol. The van der Waals surface area contributed by atoms with Gasteiger partial charge in [-0.3, -0.25) is 0 Å². The van der Waals surface area contributed by atoms with Crippen molar-refractivity contribution in [1.29, 1.82) is 0 Å². The van der Waals surface area contributed by atoms with E-state index in [4.69, 9.17) is 5.73 Å². The van der Waals surface area contributed by atoms with Gasteiger partial charge in [-0.05, 0) is 30.7 Å². The van der Waals surface area contributed by atoms with E-state index in [-0.39, 0.29) is 5.69 Å². The second-order valence-corrected chi connectivity index (χ2v) is 7.48. The van der Waals surface area contributed by atoms with E-state index in [2.05, 4.69) is 0 Å². The lowest BCUT2D eigenvalue weighted by Crippen LogP contribution is -2.30. The first-order valence-electron chi connectivity index (χ1n) is 6.64. The molecule has 2 unspecified atom stereocenters. The van der Waals surface area contributed by atoms with E-state index in [1.165, 1.54) is 4.31 Å². The van der Waals surface area contributed by atoms with Gasteiger partial charge >= 0.3 is 0 Å². The third-order valence-electron chi connectivity index (χ3n) is 4.36. The van der Waals surface area contributed by atoms with Gasteiger partial charge in [0.25, 0.3) is 0 Å². The lowest BCUT2D eigenvalue weighted by Gasteiger charge is -2.18. The zero-order chi connectivity index (χ0) is 14.5. The van der Waals surface area contributed by atoms with Crippen molar-refractivity contribution in [2.45, 2.75) is 24.2 Å². The molecule has 1 saturated heterocycles. The number of hydrogen-bond donors (Lipinski definition) is 1. The summed E-state index contributed by atoms with van der Waals surface area (Å²) in [6.45, 7) is 0.841. The molecule has 7 heteroatoms. The molecule has 2 aliphatic rings. The van der Waals surface area contributed by atoms with Crippen LogP contribution in [-0.2, 0) is 10.0 Å². The summed E-state index contributed by atoms with van der Waals surface area (Å²) in [5.74, 6) is -1.30. The summed E-state index contributed by atoms with van der Waals surface area (Å²) in [5.41, 5.74) is 5.00. The molecule has 0 spiro atoms. The maximum Gasteiger partial charge on any atom is 0.246 e. The number of rotatable bonds is 2. The Morgan fingerprint density at radius 2 is 1.70 bits per heavy atom. The Balaban J connectivity index is 1.95. The zero-order valence-corrected chi connectivity index (χ0v) is 11.7. The normalized spacial score (nSPS) is 26.9. The topological polar surface area (TPSA) is 63.4 Å². The molecule has 1 aliphatic heterocycles. The van der Waals surface area contributed by atoms with Crippen molar-refractivity contribution in [3.63, 3.8) is 0 Å². The third kappa shape index (κ3) is 2.09. The van der Waals surface area contributed by atoms with Gasteiger partial charge in [0, 0.05) is 19.2 Å². The predicted molar refractivity (Wildman–Crippen MR) is 70.4 cm³/mol. The van der Waals surface area contributed by atoms with Crippen LogP contribution in [0, 0.1) is 23.5 Å². The highest BCUT2D eigenvalue weighted by Gasteiger charge is 2.42. The second-order valence-electron chi connectivity index (χ2n) is 5.58. The fourth-order valence-electron chi connectivity index (χ4n) is 3.27. The Bertz CT molecular complexity index is 636. The maximum absolute atomic E-state index is 13.8. The molecule has 0 bridgehead atoms. The van der Waals surface area contributed by atoms with Gasteiger partial charge in [0.15, 0.2) is 0 Å². The first-order valence-corrected chi connectivity index (χ1v) is 8.08. The van der Waals surface area contributed by atoms with Crippen molar-refractivity contribution < 1.29 is 17.2 Å². The van der Waals surface area contributed by atoms with Crippen LogP contribution in [0.2, 0.25) is 0 Å². The number of halogens is 2. The summed E-state index contributed by atoms with van der Waals surface area (Å²) in [7, 11) is -3.94. The monoisotopic (exact) mass is 302 g/mol. The molecule has 1 aliphatic carbocycles. The summed E-state index contributed by atoms with van der Waals surface area (Å²) in [6, 6.07) is 1.40. The van der Waals surface area contributed by atoms with Crippen molar-refractivity contribution in [2.24, 2.45) is 11.8 Å². The van der Waals surface area contributed by atoms with E-state index >= 15 is 0 Å². The molecule has 3 rings (SSSR count). The van der Waals surface area contributed by atoms with Crippen molar-refractivity contribution in [3.05, 3.63) is 23.8 Å². The lowest BCUT2D eigenvalue weighted by atomic mass is 10.0. The average Bonchev–Trinajstić information content (AvgIpc) is 2.94. The van der Waals surface area contributed by atoms with Crippen LogP contribution < -0.4 is 5.73 Å². The van der Waals surface area contributed by atoms with Crippen LogP contribution in [0.4, 0.5) is 14.5 Å². The number of nitrogen functional groups attached to an aromatic ring is 1. The van der Waals surface area contributed by atoms with E-state index < -0.39 is 26.6 Å². The van der Waals surface area contributed by atoms with Crippen LogP contribution in [0.5, 0.6) is 0 Å². The molecule has 0 radical (unpaired) electrons. The Kier molecular flexibility index (Phi) is 3.21. The number of benzene rings is 1. The zero-order valence-electron chi connectivity index (χ0n) is 10.9. The highest BCUT2D eigenvalue weighted by atomic mass is 32.2. The fraction of sp³-hybridized carbons (Fsp3) is 0.538. The summed E-state index contributed by atoms with van der Waals surface area (Å²) in [5, 5.41) is 0. The molecular formula is C13H16F2N2O2S. The summed E-state index contributed by atoms with van der Waals surface area (Å²) < 4.78 is 53.1. The Hall–Kier alpha value is -1.21. The molecule has 0 aromatic heterocycles. The van der Waals surface area contributed by atoms with Crippen LogP contribution >= 0.6 is 0 Å². The smallest absolute Gasteiger partial charge is 0.246 e. The van der Waals surface area contributed by atoms with Crippen LogP contribution in [0.25, 0.3) is 0 Å². The van der Waals surface area contributed by atoms with Crippen LogP contribution in [0.1, 0.15) is 19.3 Å². The minimum atomic E-state index is -3.94. The number of nitrogens with two attached hydrogens (primary N) is 1. The SMILES string of the molecule is Nc1cc(S(=O)(=O)N2CC3CCCC3C2)c(F)cc1F. The van der Waals surface area contributed by atoms with Gasteiger partial charge < -0.3 is 5.73 Å².